The van der Waals surface area contributed by atoms with Crippen LogP contribution in [0.25, 0.3) is 0 Å². The molecule has 0 rings (SSSR count). The fourth-order valence-corrected chi connectivity index (χ4v) is 0. The Morgan fingerprint density at radius 1 is 1.40 bits per heavy atom. The summed E-state index contributed by atoms with van der Waals surface area (Å²) in [5.41, 5.74) is 0. The summed E-state index contributed by atoms with van der Waals surface area (Å²) in [6, 6.07) is 0. The lowest BCUT2D eigenvalue weighted by Gasteiger charge is -1.72. The van der Waals surface area contributed by atoms with Crippen LogP contribution in [0, 0.1) is 6.92 Å². The van der Waals surface area contributed by atoms with Crippen molar-refractivity contribution in [1.82, 2.24) is 0 Å². The maximum atomic E-state index is 4.93. The lowest BCUT2D eigenvalue weighted by molar-refractivity contribution is 1.64. The molecule has 0 spiro atoms. The van der Waals surface area contributed by atoms with Gasteiger partial charge in [-0.1, -0.05) is 0 Å². The molecule has 0 aliphatic heterocycles. The van der Waals surface area contributed by atoms with Gasteiger partial charge in [-0.05, 0) is 6.92 Å². The maximum absolute atomic E-state index is 4.93. The van der Waals surface area contributed by atoms with Crippen LogP contribution in [-0.2, 0) is 0 Å². The smallest absolute Gasteiger partial charge is 0.105 e. The summed E-state index contributed by atoms with van der Waals surface area (Å²) in [6.07, 6.45) is 0. The molecule has 0 aromatic heterocycles. The zero-order chi connectivity index (χ0) is 3.58. The second kappa shape index (κ2) is 5.35. The monoisotopic (exact) mass is 123 g/mol. The molecule has 0 aromatic carbocycles. The highest BCUT2D eigenvalue weighted by molar-refractivity contribution is 6.44. The van der Waals surface area contributed by atoms with Gasteiger partial charge < -0.3 is 0 Å². The van der Waals surface area contributed by atoms with Gasteiger partial charge in [0.1, 0.15) is 4.84 Å². The number of hydrogen-bond acceptors (Lipinski definition) is 0. The van der Waals surface area contributed by atoms with Crippen LogP contribution in [-0.4, -0.2) is 27.9 Å². The van der Waals surface area contributed by atoms with E-state index >= 15 is 0 Å². The van der Waals surface area contributed by atoms with Gasteiger partial charge in [-0.2, -0.15) is 0 Å². The van der Waals surface area contributed by atoms with Crippen LogP contribution in [0.5, 0.6) is 0 Å². The molecule has 0 aliphatic carbocycles. The second-order valence-corrected chi connectivity index (χ2v) is 1.67. The molecule has 0 unspecified atom stereocenters. The van der Waals surface area contributed by atoms with Crippen molar-refractivity contribution >= 4 is 46.3 Å². The molecule has 0 aromatic rings. The summed E-state index contributed by atoms with van der Waals surface area (Å²) in [6.45, 7) is 3.17. The molecule has 0 saturated carbocycles. The van der Waals surface area contributed by atoms with Gasteiger partial charge >= 0.3 is 23.1 Å². The number of halogens is 2. The Bertz CT molecular complexity index is 12.4. The predicted octanol–water partition coefficient (Wildman–Crippen LogP) is 0.708. The van der Waals surface area contributed by atoms with Crippen LogP contribution < -0.4 is 0 Å². The predicted molar refractivity (Wildman–Crippen MR) is 29.4 cm³/mol. The highest BCUT2D eigenvalue weighted by Gasteiger charge is 1.75. The Morgan fingerprint density at radius 2 is 1.40 bits per heavy atom. The molecule has 29 valence electrons. The number of alkyl halides is 2. The first-order chi connectivity index (χ1) is 1.73. The van der Waals surface area contributed by atoms with E-state index in [2.05, 4.69) is 6.92 Å². The van der Waals surface area contributed by atoms with E-state index in [4.69, 9.17) is 23.2 Å². The van der Waals surface area contributed by atoms with Crippen molar-refractivity contribution < 1.29 is 0 Å². The van der Waals surface area contributed by atoms with Gasteiger partial charge in [0.25, 0.3) is 0 Å². The minimum Gasteiger partial charge on any atom is -0.105 e. The normalized spacial score (nSPS) is 7.20. The average molecular weight is 124 g/mol. The van der Waals surface area contributed by atoms with Crippen LogP contribution in [0.15, 0.2) is 0 Å². The highest BCUT2D eigenvalue weighted by Crippen LogP contribution is 1.94. The van der Waals surface area contributed by atoms with Gasteiger partial charge in [0, 0.05) is 0 Å². The Balaban J connectivity index is 0. The van der Waals surface area contributed by atoms with E-state index in [0.717, 1.165) is 0 Å². The van der Waals surface area contributed by atoms with E-state index in [0.29, 0.717) is 0 Å². The van der Waals surface area contributed by atoms with E-state index in [9.17, 15) is 0 Å². The Kier molecular flexibility index (Phi) is 10.3. The van der Waals surface area contributed by atoms with Crippen LogP contribution in [0.4, 0.5) is 0 Å². The second-order valence-electron chi connectivity index (χ2n) is 0.391. The summed E-state index contributed by atoms with van der Waals surface area (Å²) < 4.78 is 0. The third-order valence-corrected chi connectivity index (χ3v) is 0. The van der Waals surface area contributed by atoms with Crippen molar-refractivity contribution in [2.75, 3.05) is 0 Å². The first-order valence-corrected chi connectivity index (χ1v) is 1.72. The molecular formula is C2H5Cl2Mg. The van der Waals surface area contributed by atoms with E-state index < -0.39 is 4.84 Å². The third-order valence-electron chi connectivity index (χ3n) is 0. The van der Waals surface area contributed by atoms with Gasteiger partial charge in [0.15, 0.2) is 0 Å². The largest absolute Gasteiger partial charge is 0.316 e. The van der Waals surface area contributed by atoms with Crippen LogP contribution in [0.1, 0.15) is 0 Å². The summed E-state index contributed by atoms with van der Waals surface area (Å²) in [4.78, 5) is -0.472. The Morgan fingerprint density at radius 3 is 1.40 bits per heavy atom. The molecule has 0 saturated heterocycles. The molecule has 0 atom stereocenters. The minimum absolute atomic E-state index is 0. The molecule has 0 aliphatic rings. The van der Waals surface area contributed by atoms with Crippen LogP contribution in [0.2, 0.25) is 0 Å². The number of hydrogen-bond donors (Lipinski definition) is 0. The molecule has 0 nitrogen and oxygen atoms in total. The Labute approximate surface area is 58.0 Å². The van der Waals surface area contributed by atoms with Crippen molar-refractivity contribution in [3.05, 3.63) is 6.92 Å². The molecule has 5 heavy (non-hydrogen) atoms. The van der Waals surface area contributed by atoms with Gasteiger partial charge in [0.2, 0.25) is 0 Å². The summed E-state index contributed by atoms with van der Waals surface area (Å²) in [7, 11) is 0. The highest BCUT2D eigenvalue weighted by atomic mass is 35.5. The zero-order valence-corrected chi connectivity index (χ0v) is 3.55. The first-order valence-electron chi connectivity index (χ1n) is 0.845. The van der Waals surface area contributed by atoms with Gasteiger partial charge in [-0.25, -0.2) is 0 Å². The zero-order valence-electron chi connectivity index (χ0n) is 2.04. The third kappa shape index (κ3) is 33.0. The summed E-state index contributed by atoms with van der Waals surface area (Å²) in [5, 5.41) is 0. The lowest BCUT2D eigenvalue weighted by atomic mass is 11.0. The molecule has 0 bridgehead atoms. The topological polar surface area (TPSA) is 0 Å². The Hall–Kier alpha value is 1.35. The molecule has 1 radical (unpaired) electrons. The average Bonchev–Trinajstić information content (AvgIpc) is 0.811. The molecule has 0 fully saturated rings. The summed E-state index contributed by atoms with van der Waals surface area (Å²) >= 11 is 9.86. The van der Waals surface area contributed by atoms with Crippen molar-refractivity contribution in [1.29, 1.82) is 0 Å². The molecule has 0 heterocycles. The standard InChI is InChI=1S/C2H3Cl2.Mg.2H/c1-2(3)4;;;/h2H,1H2;;;. The maximum Gasteiger partial charge on any atom is 0.316 e. The van der Waals surface area contributed by atoms with Crippen LogP contribution >= 0.6 is 23.2 Å². The molecule has 0 N–H and O–H groups in total. The fourth-order valence-electron chi connectivity index (χ4n) is 0. The molecular weight excluding hydrogens is 119 g/mol. The molecule has 3 heteroatoms. The van der Waals surface area contributed by atoms with Crippen molar-refractivity contribution in [3.8, 4) is 0 Å². The van der Waals surface area contributed by atoms with E-state index in [1.807, 2.05) is 0 Å². The van der Waals surface area contributed by atoms with Gasteiger partial charge in [0.05, 0.1) is 0 Å². The van der Waals surface area contributed by atoms with E-state index in [1.165, 1.54) is 0 Å². The van der Waals surface area contributed by atoms with Crippen LogP contribution in [0.3, 0.4) is 0 Å². The fraction of sp³-hybridized carbons (Fsp3) is 0.500. The quantitative estimate of drug-likeness (QED) is 0.329. The SMILES string of the molecule is [CH2]C(Cl)Cl.[MgH2]. The first kappa shape index (κ1) is 9.60. The minimum atomic E-state index is -0.472. The molecule has 0 amide bonds. The van der Waals surface area contributed by atoms with Gasteiger partial charge in [-0.15, -0.1) is 23.2 Å². The summed E-state index contributed by atoms with van der Waals surface area (Å²) in [5.74, 6) is 0. The lowest BCUT2D eigenvalue weighted by Crippen LogP contribution is -1.64. The van der Waals surface area contributed by atoms with E-state index in [1.54, 1.807) is 0 Å². The van der Waals surface area contributed by atoms with Gasteiger partial charge in [-0.3, -0.25) is 0 Å². The number of rotatable bonds is 0. The van der Waals surface area contributed by atoms with Crippen molar-refractivity contribution in [3.63, 3.8) is 0 Å². The van der Waals surface area contributed by atoms with Crippen molar-refractivity contribution in [2.45, 2.75) is 4.84 Å². The van der Waals surface area contributed by atoms with Crippen molar-refractivity contribution in [2.24, 2.45) is 0 Å². The van der Waals surface area contributed by atoms with E-state index in [-0.39, 0.29) is 23.1 Å².